The highest BCUT2D eigenvalue weighted by molar-refractivity contribution is 7.92. The van der Waals surface area contributed by atoms with Crippen LogP contribution in [0.15, 0.2) is 48.5 Å². The molecule has 0 radical (unpaired) electrons. The molecule has 0 saturated heterocycles. The van der Waals surface area contributed by atoms with Crippen LogP contribution in [0.5, 0.6) is 11.5 Å². The first kappa shape index (κ1) is 28.3. The summed E-state index contributed by atoms with van der Waals surface area (Å²) in [7, 11) is -3.61. The van der Waals surface area contributed by atoms with Crippen molar-refractivity contribution in [2.45, 2.75) is 52.1 Å². The minimum atomic E-state index is -3.61. The fourth-order valence-electron chi connectivity index (χ4n) is 4.09. The summed E-state index contributed by atoms with van der Waals surface area (Å²) in [6.45, 7) is 5.57. The van der Waals surface area contributed by atoms with Crippen molar-refractivity contribution in [1.29, 1.82) is 0 Å². The minimum Gasteiger partial charge on any atom is -0.486 e. The Balaban J connectivity index is 1.70. The molecule has 0 aliphatic carbocycles. The summed E-state index contributed by atoms with van der Waals surface area (Å²) in [6.07, 6.45) is 3.34. The van der Waals surface area contributed by atoms with Gasteiger partial charge in [0.25, 0.3) is 0 Å². The molecule has 0 aromatic heterocycles. The Bertz CT molecular complexity index is 1160. The molecular formula is C27H37N3O6S. The lowest BCUT2D eigenvalue weighted by molar-refractivity contribution is -0.140. The van der Waals surface area contributed by atoms with E-state index in [4.69, 9.17) is 9.47 Å². The fraction of sp³-hybridized carbons (Fsp3) is 0.481. The second kappa shape index (κ2) is 13.3. The Morgan fingerprint density at radius 2 is 1.73 bits per heavy atom. The van der Waals surface area contributed by atoms with Gasteiger partial charge in [-0.25, -0.2) is 8.42 Å². The third kappa shape index (κ3) is 8.11. The van der Waals surface area contributed by atoms with Crippen LogP contribution in [0.25, 0.3) is 0 Å². The molecule has 37 heavy (non-hydrogen) atoms. The van der Waals surface area contributed by atoms with Crippen LogP contribution in [0.2, 0.25) is 0 Å². The van der Waals surface area contributed by atoms with E-state index < -0.39 is 16.1 Å². The standard InChI is InChI=1S/C27H37N3O6S/c1-4-5-15-28-27(32)21(2)29(20-22-10-7-6-8-11-22)26(31)12-9-16-30(37(3,33)34)23-13-14-24-25(19-23)36-18-17-35-24/h6-8,10-11,13-14,19,21H,4-5,9,12,15-18,20H2,1-3H3,(H,28,32)/t21-/m1/s1. The fourth-order valence-corrected chi connectivity index (χ4v) is 5.05. The van der Waals surface area contributed by atoms with E-state index in [9.17, 15) is 18.0 Å². The van der Waals surface area contributed by atoms with Gasteiger partial charge in [-0.3, -0.25) is 13.9 Å². The predicted octanol–water partition coefficient (Wildman–Crippen LogP) is 3.34. The molecular weight excluding hydrogens is 494 g/mol. The van der Waals surface area contributed by atoms with Crippen molar-refractivity contribution in [3.63, 3.8) is 0 Å². The number of carbonyl (C=O) groups excluding carboxylic acids is 2. The zero-order chi connectivity index (χ0) is 26.8. The largest absolute Gasteiger partial charge is 0.486 e. The summed E-state index contributed by atoms with van der Waals surface area (Å²) in [5.41, 5.74) is 1.36. The molecule has 2 aromatic rings. The first-order valence-electron chi connectivity index (χ1n) is 12.7. The van der Waals surface area contributed by atoms with E-state index in [2.05, 4.69) is 5.32 Å². The third-order valence-electron chi connectivity index (χ3n) is 6.16. The van der Waals surface area contributed by atoms with Crippen LogP contribution in [0.4, 0.5) is 5.69 Å². The Labute approximate surface area is 219 Å². The maximum Gasteiger partial charge on any atom is 0.242 e. The number of nitrogens with zero attached hydrogens (tertiary/aromatic N) is 2. The van der Waals surface area contributed by atoms with Crippen molar-refractivity contribution >= 4 is 27.5 Å². The third-order valence-corrected chi connectivity index (χ3v) is 7.35. The van der Waals surface area contributed by atoms with Crippen LogP contribution < -0.4 is 19.1 Å². The van der Waals surface area contributed by atoms with Crippen molar-refractivity contribution in [2.75, 3.05) is 36.9 Å². The number of sulfonamides is 1. The summed E-state index contributed by atoms with van der Waals surface area (Å²) in [4.78, 5) is 27.6. The zero-order valence-corrected chi connectivity index (χ0v) is 22.6. The first-order valence-corrected chi connectivity index (χ1v) is 14.5. The molecule has 1 aliphatic heterocycles. The van der Waals surface area contributed by atoms with Gasteiger partial charge in [0.2, 0.25) is 21.8 Å². The van der Waals surface area contributed by atoms with Gasteiger partial charge in [-0.05, 0) is 37.5 Å². The number of ether oxygens (including phenoxy) is 2. The first-order chi connectivity index (χ1) is 17.7. The van der Waals surface area contributed by atoms with Gasteiger partial charge in [-0.15, -0.1) is 0 Å². The van der Waals surface area contributed by atoms with E-state index in [0.717, 1.165) is 24.7 Å². The Morgan fingerprint density at radius 3 is 2.41 bits per heavy atom. The summed E-state index contributed by atoms with van der Waals surface area (Å²) >= 11 is 0. The summed E-state index contributed by atoms with van der Waals surface area (Å²) < 4.78 is 37.5. The number of fused-ring (bicyclic) bond motifs is 1. The van der Waals surface area contributed by atoms with E-state index >= 15 is 0 Å². The number of rotatable bonds is 13. The highest BCUT2D eigenvalue weighted by Gasteiger charge is 2.27. The van der Waals surface area contributed by atoms with Gasteiger partial charge in [-0.1, -0.05) is 43.7 Å². The SMILES string of the molecule is CCCCNC(=O)[C@@H](C)N(Cc1ccccc1)C(=O)CCCN(c1ccc2c(c1)OCCO2)S(C)(=O)=O. The van der Waals surface area contributed by atoms with Gasteiger partial charge >= 0.3 is 0 Å². The maximum absolute atomic E-state index is 13.3. The van der Waals surface area contributed by atoms with E-state index in [0.29, 0.717) is 43.5 Å². The molecule has 1 aliphatic rings. The van der Waals surface area contributed by atoms with Gasteiger partial charge in [0.05, 0.1) is 11.9 Å². The van der Waals surface area contributed by atoms with Gasteiger partial charge < -0.3 is 19.7 Å². The average Bonchev–Trinajstić information content (AvgIpc) is 2.89. The van der Waals surface area contributed by atoms with E-state index in [-0.39, 0.29) is 31.2 Å². The topological polar surface area (TPSA) is 105 Å². The monoisotopic (exact) mass is 531 g/mol. The highest BCUT2D eigenvalue weighted by Crippen LogP contribution is 2.34. The minimum absolute atomic E-state index is 0.0932. The van der Waals surface area contributed by atoms with Gasteiger partial charge in [0, 0.05) is 32.1 Å². The molecule has 9 nitrogen and oxygen atoms in total. The Hall–Kier alpha value is -3.27. The van der Waals surface area contributed by atoms with Crippen molar-refractivity contribution in [3.05, 3.63) is 54.1 Å². The number of carbonyl (C=O) groups is 2. The lowest BCUT2D eigenvalue weighted by Crippen LogP contribution is -2.47. The van der Waals surface area contributed by atoms with Gasteiger partial charge in [-0.2, -0.15) is 0 Å². The normalized spacial score (nSPS) is 13.5. The molecule has 2 aromatic carbocycles. The molecule has 0 bridgehead atoms. The number of benzene rings is 2. The number of hydrogen-bond acceptors (Lipinski definition) is 6. The van der Waals surface area contributed by atoms with E-state index in [1.165, 1.54) is 4.31 Å². The summed E-state index contributed by atoms with van der Waals surface area (Å²) in [6, 6.07) is 13.8. The number of nitrogens with one attached hydrogen (secondary N) is 1. The summed E-state index contributed by atoms with van der Waals surface area (Å²) in [5, 5.41) is 2.90. The van der Waals surface area contributed by atoms with Crippen molar-refractivity contribution in [2.24, 2.45) is 0 Å². The van der Waals surface area contributed by atoms with Crippen LogP contribution in [-0.4, -0.2) is 63.7 Å². The number of anilines is 1. The highest BCUT2D eigenvalue weighted by atomic mass is 32.2. The lowest BCUT2D eigenvalue weighted by Gasteiger charge is -2.29. The number of hydrogen-bond donors (Lipinski definition) is 1. The number of amides is 2. The molecule has 202 valence electrons. The Kier molecular flexibility index (Phi) is 10.2. The van der Waals surface area contributed by atoms with Crippen LogP contribution >= 0.6 is 0 Å². The molecule has 1 N–H and O–H groups in total. The van der Waals surface area contributed by atoms with Crippen LogP contribution in [0.1, 0.15) is 45.1 Å². The molecule has 1 atom stereocenters. The second-order valence-electron chi connectivity index (χ2n) is 9.09. The quantitative estimate of drug-likeness (QED) is 0.398. The molecule has 0 spiro atoms. The maximum atomic E-state index is 13.3. The van der Waals surface area contributed by atoms with Gasteiger partial charge in [0.1, 0.15) is 19.3 Å². The van der Waals surface area contributed by atoms with Gasteiger partial charge in [0.15, 0.2) is 11.5 Å². The molecule has 0 unspecified atom stereocenters. The predicted molar refractivity (Wildman–Crippen MR) is 143 cm³/mol. The molecule has 2 amide bonds. The number of unbranched alkanes of at least 4 members (excludes halogenated alkanes) is 1. The molecule has 3 rings (SSSR count). The average molecular weight is 532 g/mol. The smallest absolute Gasteiger partial charge is 0.242 e. The molecule has 0 fully saturated rings. The zero-order valence-electron chi connectivity index (χ0n) is 21.8. The van der Waals surface area contributed by atoms with E-state index in [1.54, 1.807) is 30.0 Å². The molecule has 10 heteroatoms. The van der Waals surface area contributed by atoms with Crippen molar-refractivity contribution < 1.29 is 27.5 Å². The van der Waals surface area contributed by atoms with Crippen molar-refractivity contribution in [1.82, 2.24) is 10.2 Å². The van der Waals surface area contributed by atoms with E-state index in [1.807, 2.05) is 37.3 Å². The van der Waals surface area contributed by atoms with Crippen LogP contribution in [0.3, 0.4) is 0 Å². The van der Waals surface area contributed by atoms with Crippen LogP contribution in [-0.2, 0) is 26.2 Å². The molecule has 1 heterocycles. The van der Waals surface area contributed by atoms with Crippen molar-refractivity contribution in [3.8, 4) is 11.5 Å². The van der Waals surface area contributed by atoms with Crippen LogP contribution in [0, 0.1) is 0 Å². The lowest BCUT2D eigenvalue weighted by atomic mass is 10.1. The summed E-state index contributed by atoms with van der Waals surface area (Å²) in [5.74, 6) is 0.649. The second-order valence-corrected chi connectivity index (χ2v) is 11.0. The molecule has 0 saturated carbocycles. The Morgan fingerprint density at radius 1 is 1.03 bits per heavy atom.